The van der Waals surface area contributed by atoms with Crippen molar-refractivity contribution < 1.29 is 0 Å². The third-order valence-electron chi connectivity index (χ3n) is 4.62. The number of hydrazone groups is 1. The van der Waals surface area contributed by atoms with Gasteiger partial charge in [0.25, 0.3) is 0 Å². The van der Waals surface area contributed by atoms with Crippen molar-refractivity contribution >= 4 is 22.8 Å². The number of benzene rings is 2. The second-order valence-corrected chi connectivity index (χ2v) is 6.46. The van der Waals surface area contributed by atoms with E-state index in [9.17, 15) is 0 Å². The van der Waals surface area contributed by atoms with E-state index in [0.717, 1.165) is 22.2 Å². The topological polar surface area (TPSA) is 132 Å². The summed E-state index contributed by atoms with van der Waals surface area (Å²) in [5, 5.41) is 7.00. The number of hydrogen-bond donors (Lipinski definition) is 4. The molecule has 6 N–H and O–H groups in total. The molecule has 0 saturated heterocycles. The maximum atomic E-state index is 5.49. The molecule has 2 heterocycles. The molecule has 1 unspecified atom stereocenters. The smallest absolute Gasteiger partial charge is 0.225 e. The highest BCUT2D eigenvalue weighted by atomic mass is 15.3. The first-order valence-electron chi connectivity index (χ1n) is 9.06. The third kappa shape index (κ3) is 3.71. The Hall–Kier alpha value is -3.98. The molecule has 0 aliphatic heterocycles. The minimum Gasteiger partial charge on any atom is -0.348 e. The first-order valence-corrected chi connectivity index (χ1v) is 9.06. The average molecular weight is 387 g/mol. The minimum atomic E-state index is 0.0662. The number of amidine groups is 1. The Morgan fingerprint density at radius 2 is 1.93 bits per heavy atom. The van der Waals surface area contributed by atoms with Crippen LogP contribution in [0.1, 0.15) is 24.1 Å². The van der Waals surface area contributed by atoms with Crippen molar-refractivity contribution in [3.05, 3.63) is 78.2 Å². The molecule has 146 valence electrons. The van der Waals surface area contributed by atoms with Gasteiger partial charge in [-0.3, -0.25) is 4.57 Å². The number of nitrogens with two attached hydrogens (primary N) is 2. The molecular weight excluding hydrogens is 366 g/mol. The Morgan fingerprint density at radius 3 is 2.69 bits per heavy atom. The van der Waals surface area contributed by atoms with Crippen LogP contribution in [0.25, 0.3) is 16.9 Å². The molecule has 2 aromatic heterocycles. The van der Waals surface area contributed by atoms with Crippen molar-refractivity contribution in [3.8, 4) is 5.82 Å². The monoisotopic (exact) mass is 387 g/mol. The lowest BCUT2D eigenvalue weighted by atomic mass is 10.1. The van der Waals surface area contributed by atoms with Gasteiger partial charge in [-0.1, -0.05) is 30.3 Å². The van der Waals surface area contributed by atoms with Crippen molar-refractivity contribution in [1.29, 1.82) is 0 Å². The van der Waals surface area contributed by atoms with Gasteiger partial charge in [-0.15, -0.1) is 0 Å². The molecule has 2 aromatic carbocycles. The van der Waals surface area contributed by atoms with Crippen LogP contribution in [0.2, 0.25) is 0 Å². The van der Waals surface area contributed by atoms with E-state index >= 15 is 0 Å². The summed E-state index contributed by atoms with van der Waals surface area (Å²) in [6.45, 7) is 2.07. The predicted octanol–water partition coefficient (Wildman–Crippen LogP) is 2.07. The summed E-state index contributed by atoms with van der Waals surface area (Å²) < 4.78 is 1.88. The predicted molar refractivity (Wildman–Crippen MR) is 113 cm³/mol. The summed E-state index contributed by atoms with van der Waals surface area (Å²) in [5.41, 5.74) is 6.05. The summed E-state index contributed by atoms with van der Waals surface area (Å²) in [6.07, 6.45) is 3.43. The minimum absolute atomic E-state index is 0.0662. The molecule has 0 amide bonds. The molecule has 9 nitrogen and oxygen atoms in total. The van der Waals surface area contributed by atoms with E-state index in [1.54, 1.807) is 12.5 Å². The Bertz CT molecular complexity index is 1150. The maximum absolute atomic E-state index is 5.49. The Balaban J connectivity index is 1.67. The van der Waals surface area contributed by atoms with Gasteiger partial charge in [0, 0.05) is 11.8 Å². The van der Waals surface area contributed by atoms with Crippen LogP contribution in [0.15, 0.2) is 72.2 Å². The van der Waals surface area contributed by atoms with Crippen LogP contribution >= 0.6 is 0 Å². The zero-order chi connectivity index (χ0) is 20.2. The number of anilines is 1. The largest absolute Gasteiger partial charge is 0.348 e. The highest BCUT2D eigenvalue weighted by molar-refractivity contribution is 6.00. The van der Waals surface area contributed by atoms with Crippen molar-refractivity contribution in [3.63, 3.8) is 0 Å². The number of imidazole rings is 1. The number of aromatic nitrogens is 4. The first kappa shape index (κ1) is 18.4. The molecule has 0 fully saturated rings. The SMILES string of the molecule is CC(Nc1nccc(-n2cnc3ccc(/C(=N/N)NN)cc32)n1)c1ccccc1. The lowest BCUT2D eigenvalue weighted by Crippen LogP contribution is -2.32. The molecule has 0 bridgehead atoms. The Morgan fingerprint density at radius 1 is 1.10 bits per heavy atom. The van der Waals surface area contributed by atoms with E-state index in [0.29, 0.717) is 17.6 Å². The second kappa shape index (κ2) is 7.95. The second-order valence-electron chi connectivity index (χ2n) is 6.46. The van der Waals surface area contributed by atoms with Crippen LogP contribution in [0, 0.1) is 0 Å². The highest BCUT2D eigenvalue weighted by Gasteiger charge is 2.11. The van der Waals surface area contributed by atoms with Gasteiger partial charge in [0.1, 0.15) is 12.1 Å². The molecule has 0 saturated carbocycles. The lowest BCUT2D eigenvalue weighted by Gasteiger charge is -2.14. The molecule has 29 heavy (non-hydrogen) atoms. The van der Waals surface area contributed by atoms with Crippen molar-refractivity contribution in [1.82, 2.24) is 24.9 Å². The Kier molecular flexibility index (Phi) is 5.04. The van der Waals surface area contributed by atoms with Gasteiger partial charge in [0.2, 0.25) is 5.95 Å². The van der Waals surface area contributed by atoms with Gasteiger partial charge in [0.15, 0.2) is 5.84 Å². The number of rotatable bonds is 5. The number of hydrazine groups is 1. The van der Waals surface area contributed by atoms with Crippen LogP contribution < -0.4 is 22.4 Å². The van der Waals surface area contributed by atoms with E-state index in [1.165, 1.54) is 0 Å². The normalized spacial score (nSPS) is 12.7. The van der Waals surface area contributed by atoms with Crippen LogP contribution in [-0.2, 0) is 0 Å². The summed E-state index contributed by atoms with van der Waals surface area (Å²) in [4.78, 5) is 13.4. The van der Waals surface area contributed by atoms with Crippen LogP contribution in [0.5, 0.6) is 0 Å². The number of fused-ring (bicyclic) bond motifs is 1. The fraction of sp³-hybridized carbons (Fsp3) is 0.100. The van der Waals surface area contributed by atoms with Gasteiger partial charge >= 0.3 is 0 Å². The number of nitrogens with one attached hydrogen (secondary N) is 2. The quantitative estimate of drug-likeness (QED) is 0.178. The van der Waals surface area contributed by atoms with Gasteiger partial charge in [0.05, 0.1) is 17.1 Å². The van der Waals surface area contributed by atoms with Crippen LogP contribution in [-0.4, -0.2) is 25.4 Å². The van der Waals surface area contributed by atoms with E-state index in [4.69, 9.17) is 11.7 Å². The number of nitrogens with zero attached hydrogens (tertiary/aromatic N) is 5. The third-order valence-corrected chi connectivity index (χ3v) is 4.62. The molecule has 0 spiro atoms. The zero-order valence-corrected chi connectivity index (χ0v) is 15.8. The molecule has 0 aliphatic carbocycles. The fourth-order valence-corrected chi connectivity index (χ4v) is 3.10. The summed E-state index contributed by atoms with van der Waals surface area (Å²) >= 11 is 0. The van der Waals surface area contributed by atoms with Crippen molar-refractivity contribution in [2.75, 3.05) is 5.32 Å². The molecule has 9 heteroatoms. The molecule has 0 aliphatic rings. The lowest BCUT2D eigenvalue weighted by molar-refractivity contribution is 0.854. The molecule has 4 rings (SSSR count). The van der Waals surface area contributed by atoms with Gasteiger partial charge < -0.3 is 16.6 Å². The molecular formula is C20H21N9. The van der Waals surface area contributed by atoms with Crippen LogP contribution in [0.3, 0.4) is 0 Å². The summed E-state index contributed by atoms with van der Waals surface area (Å²) in [5.74, 6) is 12.5. The summed E-state index contributed by atoms with van der Waals surface area (Å²) in [7, 11) is 0. The summed E-state index contributed by atoms with van der Waals surface area (Å²) in [6, 6.07) is 17.7. The highest BCUT2D eigenvalue weighted by Crippen LogP contribution is 2.21. The van der Waals surface area contributed by atoms with E-state index in [-0.39, 0.29) is 6.04 Å². The first-order chi connectivity index (χ1) is 14.2. The average Bonchev–Trinajstić information content (AvgIpc) is 3.19. The van der Waals surface area contributed by atoms with Gasteiger partial charge in [-0.2, -0.15) is 10.1 Å². The van der Waals surface area contributed by atoms with E-state index in [1.807, 2.05) is 47.0 Å². The Labute approximate surface area is 167 Å². The van der Waals surface area contributed by atoms with Crippen molar-refractivity contribution in [2.24, 2.45) is 16.8 Å². The van der Waals surface area contributed by atoms with E-state index < -0.39 is 0 Å². The molecule has 0 radical (unpaired) electrons. The van der Waals surface area contributed by atoms with Crippen molar-refractivity contribution in [2.45, 2.75) is 13.0 Å². The van der Waals surface area contributed by atoms with Gasteiger partial charge in [-0.25, -0.2) is 15.8 Å². The maximum Gasteiger partial charge on any atom is 0.225 e. The fourth-order valence-electron chi connectivity index (χ4n) is 3.10. The molecule has 4 aromatic rings. The molecule has 1 atom stereocenters. The van der Waals surface area contributed by atoms with Gasteiger partial charge in [-0.05, 0) is 36.8 Å². The number of hydrogen-bond acceptors (Lipinski definition) is 7. The standard InChI is InChI=1S/C20H21N9/c1-13(14-5-3-2-4-6-14)25-20-23-10-9-18(26-20)29-12-24-16-8-7-15(11-17(16)29)19(27-21)28-22/h2-13H,21-22H2,1H3,(H,27,28)(H,23,25,26). The van der Waals surface area contributed by atoms with E-state index in [2.05, 4.69) is 49.9 Å². The zero-order valence-electron chi connectivity index (χ0n) is 15.8. The van der Waals surface area contributed by atoms with Crippen LogP contribution in [0.4, 0.5) is 5.95 Å².